The fourth-order valence-electron chi connectivity index (χ4n) is 3.42. The molecule has 1 aromatic rings. The van der Waals surface area contributed by atoms with Gasteiger partial charge in [0.1, 0.15) is 0 Å². The van der Waals surface area contributed by atoms with Crippen molar-refractivity contribution in [2.45, 2.75) is 24.2 Å². The maximum atomic E-state index is 12.9. The predicted octanol–water partition coefficient (Wildman–Crippen LogP) is 1.61. The number of halogens is 1. The van der Waals surface area contributed by atoms with Gasteiger partial charge in [-0.05, 0) is 44.0 Å². The van der Waals surface area contributed by atoms with Crippen LogP contribution in [-0.2, 0) is 10.0 Å². The molecule has 1 fully saturated rings. The molecule has 28 heavy (non-hydrogen) atoms. The van der Waals surface area contributed by atoms with Crippen LogP contribution in [-0.4, -0.2) is 65.4 Å². The molecule has 3 rings (SSSR count). The van der Waals surface area contributed by atoms with Crippen molar-refractivity contribution in [3.63, 3.8) is 0 Å². The van der Waals surface area contributed by atoms with Crippen LogP contribution < -0.4 is 15.5 Å². The average Bonchev–Trinajstić information content (AvgIpc) is 3.21. The summed E-state index contributed by atoms with van der Waals surface area (Å²) in [4.78, 5) is 15.2. The second kappa shape index (κ2) is 9.73. The number of hydrogen-bond donors (Lipinski definition) is 2. The standard InChI is InChI=1S/C19H28N4O3S.ClH/c1-22(2)27(25,26)16-5-6-18(23-11-3-4-12-23)17(13-16)19(24)21-14-15-7-9-20-10-8-15;/h5-7,13,20H,3-4,8-12,14H2,1-2H3,(H,21,24);1H. The number of anilines is 1. The summed E-state index contributed by atoms with van der Waals surface area (Å²) >= 11 is 0. The SMILES string of the molecule is CN(C)S(=O)(=O)c1ccc(N2CCCC2)c(C(=O)NCC2=CCNCC2)c1.Cl. The third kappa shape index (κ3) is 5.05. The van der Waals surface area contributed by atoms with Gasteiger partial charge in [-0.15, -0.1) is 12.4 Å². The lowest BCUT2D eigenvalue weighted by molar-refractivity contribution is 0.0957. The van der Waals surface area contributed by atoms with Crippen molar-refractivity contribution in [1.29, 1.82) is 0 Å². The zero-order valence-electron chi connectivity index (χ0n) is 16.4. The zero-order valence-corrected chi connectivity index (χ0v) is 18.0. The first-order valence-electron chi connectivity index (χ1n) is 9.38. The first-order chi connectivity index (χ1) is 12.9. The molecule has 0 radical (unpaired) electrons. The Balaban J connectivity index is 0.00000280. The number of hydrogen-bond acceptors (Lipinski definition) is 5. The van der Waals surface area contributed by atoms with Crippen molar-refractivity contribution in [2.75, 3.05) is 51.7 Å². The molecule has 0 saturated carbocycles. The second-order valence-corrected chi connectivity index (χ2v) is 9.31. The van der Waals surface area contributed by atoms with Crippen LogP contribution in [0.4, 0.5) is 5.69 Å². The van der Waals surface area contributed by atoms with Crippen LogP contribution in [0.2, 0.25) is 0 Å². The highest BCUT2D eigenvalue weighted by Crippen LogP contribution is 2.28. The van der Waals surface area contributed by atoms with E-state index >= 15 is 0 Å². The van der Waals surface area contributed by atoms with E-state index in [1.807, 2.05) is 0 Å². The van der Waals surface area contributed by atoms with Gasteiger partial charge in [0.2, 0.25) is 10.0 Å². The van der Waals surface area contributed by atoms with Gasteiger partial charge in [-0.25, -0.2) is 12.7 Å². The van der Waals surface area contributed by atoms with Gasteiger partial charge in [0.25, 0.3) is 5.91 Å². The van der Waals surface area contributed by atoms with Crippen molar-refractivity contribution in [3.05, 3.63) is 35.4 Å². The van der Waals surface area contributed by atoms with E-state index in [1.165, 1.54) is 30.0 Å². The summed E-state index contributed by atoms with van der Waals surface area (Å²) in [6.45, 7) is 4.00. The number of nitrogens with zero attached hydrogens (tertiary/aromatic N) is 2. The zero-order chi connectivity index (χ0) is 19.4. The Morgan fingerprint density at radius 1 is 1.25 bits per heavy atom. The molecule has 2 heterocycles. The van der Waals surface area contributed by atoms with Crippen LogP contribution in [0.3, 0.4) is 0 Å². The Labute approximate surface area is 173 Å². The summed E-state index contributed by atoms with van der Waals surface area (Å²) in [5.74, 6) is -0.230. The number of nitrogens with one attached hydrogen (secondary N) is 2. The highest BCUT2D eigenvalue weighted by molar-refractivity contribution is 7.89. The maximum Gasteiger partial charge on any atom is 0.253 e. The van der Waals surface area contributed by atoms with E-state index in [-0.39, 0.29) is 23.2 Å². The Morgan fingerprint density at radius 2 is 1.96 bits per heavy atom. The van der Waals surface area contributed by atoms with E-state index in [9.17, 15) is 13.2 Å². The molecule has 0 bridgehead atoms. The largest absolute Gasteiger partial charge is 0.371 e. The fourth-order valence-corrected chi connectivity index (χ4v) is 4.35. The van der Waals surface area contributed by atoms with Crippen LogP contribution in [0.1, 0.15) is 29.6 Å². The molecule has 156 valence electrons. The van der Waals surface area contributed by atoms with Crippen molar-refractivity contribution in [3.8, 4) is 0 Å². The van der Waals surface area contributed by atoms with Crippen molar-refractivity contribution in [2.24, 2.45) is 0 Å². The molecule has 9 heteroatoms. The lowest BCUT2D eigenvalue weighted by Crippen LogP contribution is -2.31. The van der Waals surface area contributed by atoms with Gasteiger partial charge in [-0.3, -0.25) is 4.79 Å². The molecule has 2 aliphatic rings. The van der Waals surface area contributed by atoms with Gasteiger partial charge in [-0.1, -0.05) is 11.6 Å². The van der Waals surface area contributed by atoms with Crippen LogP contribution in [0, 0.1) is 0 Å². The Kier molecular flexibility index (Phi) is 7.88. The average molecular weight is 429 g/mol. The number of sulfonamides is 1. The fraction of sp³-hybridized carbons (Fsp3) is 0.526. The molecule has 1 aromatic carbocycles. The normalized spacial score (nSPS) is 17.2. The summed E-state index contributed by atoms with van der Waals surface area (Å²) < 4.78 is 26.2. The molecular weight excluding hydrogens is 400 g/mol. The van der Waals surface area contributed by atoms with E-state index in [0.717, 1.165) is 51.1 Å². The summed E-state index contributed by atoms with van der Waals surface area (Å²) in [6.07, 6.45) is 5.17. The molecule has 0 spiro atoms. The quantitative estimate of drug-likeness (QED) is 0.673. The second-order valence-electron chi connectivity index (χ2n) is 7.16. The lowest BCUT2D eigenvalue weighted by Gasteiger charge is -2.23. The summed E-state index contributed by atoms with van der Waals surface area (Å²) in [5, 5.41) is 6.22. The molecule has 2 aliphatic heterocycles. The van der Waals surface area contributed by atoms with Crippen molar-refractivity contribution >= 4 is 34.0 Å². The molecule has 7 nitrogen and oxygen atoms in total. The third-order valence-corrected chi connectivity index (χ3v) is 6.88. The van der Waals surface area contributed by atoms with Crippen LogP contribution >= 0.6 is 12.4 Å². The van der Waals surface area contributed by atoms with Gasteiger partial charge in [0.05, 0.1) is 10.5 Å². The minimum Gasteiger partial charge on any atom is -0.371 e. The highest BCUT2D eigenvalue weighted by Gasteiger charge is 2.24. The smallest absolute Gasteiger partial charge is 0.253 e. The first-order valence-corrected chi connectivity index (χ1v) is 10.8. The van der Waals surface area contributed by atoms with E-state index in [1.54, 1.807) is 12.1 Å². The lowest BCUT2D eigenvalue weighted by atomic mass is 10.1. The van der Waals surface area contributed by atoms with Crippen molar-refractivity contribution in [1.82, 2.24) is 14.9 Å². The molecule has 0 atom stereocenters. The summed E-state index contributed by atoms with van der Waals surface area (Å²) in [6, 6.07) is 4.87. The van der Waals surface area contributed by atoms with Crippen LogP contribution in [0.5, 0.6) is 0 Å². The maximum absolute atomic E-state index is 12.9. The molecule has 1 amide bonds. The van der Waals surface area contributed by atoms with Gasteiger partial charge >= 0.3 is 0 Å². The monoisotopic (exact) mass is 428 g/mol. The minimum atomic E-state index is -3.59. The van der Waals surface area contributed by atoms with E-state index in [0.29, 0.717) is 12.1 Å². The molecule has 1 saturated heterocycles. The molecule has 0 aliphatic carbocycles. The van der Waals surface area contributed by atoms with E-state index in [2.05, 4.69) is 21.6 Å². The number of rotatable bonds is 6. The van der Waals surface area contributed by atoms with Gasteiger partial charge < -0.3 is 15.5 Å². The Hall–Kier alpha value is -1.61. The number of carbonyl (C=O) groups excluding carboxylic acids is 1. The molecule has 0 unspecified atom stereocenters. The van der Waals surface area contributed by atoms with Crippen molar-refractivity contribution < 1.29 is 13.2 Å². The van der Waals surface area contributed by atoms with Gasteiger partial charge in [0, 0.05) is 46.0 Å². The van der Waals surface area contributed by atoms with E-state index in [4.69, 9.17) is 0 Å². The first kappa shape index (κ1) is 22.7. The topological polar surface area (TPSA) is 81.8 Å². The number of carbonyl (C=O) groups is 1. The van der Waals surface area contributed by atoms with Crippen LogP contribution in [0.15, 0.2) is 34.7 Å². The van der Waals surface area contributed by atoms with E-state index < -0.39 is 10.0 Å². The highest BCUT2D eigenvalue weighted by atomic mass is 35.5. The van der Waals surface area contributed by atoms with Gasteiger partial charge in [-0.2, -0.15) is 0 Å². The summed E-state index contributed by atoms with van der Waals surface area (Å²) in [5.41, 5.74) is 2.43. The number of benzene rings is 1. The summed E-state index contributed by atoms with van der Waals surface area (Å²) in [7, 11) is -0.607. The Morgan fingerprint density at radius 3 is 2.57 bits per heavy atom. The molecule has 0 aromatic heterocycles. The van der Waals surface area contributed by atoms with Crippen LogP contribution in [0.25, 0.3) is 0 Å². The molecule has 2 N–H and O–H groups in total. The minimum absolute atomic E-state index is 0. The Bertz CT molecular complexity index is 834. The predicted molar refractivity (Wildman–Crippen MR) is 114 cm³/mol. The number of amides is 1. The van der Waals surface area contributed by atoms with Gasteiger partial charge in [0.15, 0.2) is 0 Å². The third-order valence-electron chi connectivity index (χ3n) is 5.07. The molecular formula is C19H29ClN4O3S.